The van der Waals surface area contributed by atoms with E-state index in [2.05, 4.69) is 22.7 Å². The standard InChI is InChI=1S/C17H17NO4.C2H3ClO.C2H5NO2/c19-16(20)15(11-13-7-3-1-4-8-13)18-17(21)22-12-14-9-5-2-6-10-14;1-2(3)4;3-1-2(4)5/h1-10,15H,11-12H2,(H,18,21)(H,19,20);1H3;1,3H2,(H,4,5)/t15-;;/m0../s1. The van der Waals surface area contributed by atoms with Crippen LogP contribution in [0.15, 0.2) is 60.7 Å². The summed E-state index contributed by atoms with van der Waals surface area (Å²) in [5.74, 6) is -2.06. The summed E-state index contributed by atoms with van der Waals surface area (Å²) >= 11 is 4.64. The van der Waals surface area contributed by atoms with Crippen LogP contribution in [-0.4, -0.2) is 46.1 Å². The van der Waals surface area contributed by atoms with Crippen LogP contribution >= 0.6 is 11.6 Å². The molecule has 1 amide bonds. The number of nitrogens with one attached hydrogen (secondary N) is 1. The molecule has 10 heteroatoms. The lowest BCUT2D eigenvalue weighted by Crippen LogP contribution is -2.42. The number of ether oxygens (including phenoxy) is 1. The lowest BCUT2D eigenvalue weighted by atomic mass is 10.1. The Labute approximate surface area is 184 Å². The number of rotatable bonds is 7. The van der Waals surface area contributed by atoms with E-state index in [1.54, 1.807) is 0 Å². The number of carboxylic acids is 2. The van der Waals surface area contributed by atoms with Gasteiger partial charge in [-0.3, -0.25) is 9.59 Å². The second-order valence-electron chi connectivity index (χ2n) is 5.85. The zero-order valence-electron chi connectivity index (χ0n) is 16.9. The van der Waals surface area contributed by atoms with Crippen molar-refractivity contribution < 1.29 is 34.1 Å². The number of amides is 1. The highest BCUT2D eigenvalue weighted by molar-refractivity contribution is 6.62. The molecule has 0 aromatic heterocycles. The van der Waals surface area contributed by atoms with Crippen LogP contribution in [0.4, 0.5) is 4.79 Å². The number of aliphatic carboxylic acids is 2. The number of benzene rings is 2. The quantitative estimate of drug-likeness (QED) is 0.466. The highest BCUT2D eigenvalue weighted by Crippen LogP contribution is 2.05. The Kier molecular flexibility index (Phi) is 14.6. The molecular weight excluding hydrogens is 428 g/mol. The molecule has 9 nitrogen and oxygen atoms in total. The minimum absolute atomic E-state index is 0.102. The van der Waals surface area contributed by atoms with Gasteiger partial charge in [0.25, 0.3) is 0 Å². The Morgan fingerprint density at radius 3 is 1.77 bits per heavy atom. The normalized spacial score (nSPS) is 10.2. The van der Waals surface area contributed by atoms with Crippen molar-refractivity contribution in [2.75, 3.05) is 6.54 Å². The predicted octanol–water partition coefficient (Wildman–Crippen LogP) is 2.41. The first-order chi connectivity index (χ1) is 14.6. The maximum atomic E-state index is 11.7. The molecule has 0 bridgehead atoms. The second kappa shape index (κ2) is 16.4. The average Bonchev–Trinajstić information content (AvgIpc) is 2.73. The minimum Gasteiger partial charge on any atom is -0.480 e. The number of carbonyl (C=O) groups excluding carboxylic acids is 2. The van der Waals surface area contributed by atoms with Gasteiger partial charge in [0.1, 0.15) is 12.6 Å². The molecular formula is C21H25ClN2O7. The molecule has 0 heterocycles. The van der Waals surface area contributed by atoms with Crippen molar-refractivity contribution in [3.05, 3.63) is 71.8 Å². The van der Waals surface area contributed by atoms with Gasteiger partial charge in [-0.25, -0.2) is 9.59 Å². The number of carboxylic acid groups (broad SMARTS) is 2. The zero-order chi connectivity index (χ0) is 23.6. The molecule has 2 aromatic carbocycles. The Morgan fingerprint density at radius 1 is 0.968 bits per heavy atom. The molecule has 0 aliphatic carbocycles. The van der Waals surface area contributed by atoms with Crippen LogP contribution in [0.25, 0.3) is 0 Å². The fourth-order valence-electron chi connectivity index (χ4n) is 1.96. The van der Waals surface area contributed by atoms with Crippen molar-refractivity contribution in [1.82, 2.24) is 5.32 Å². The van der Waals surface area contributed by atoms with Crippen LogP contribution in [0, 0.1) is 0 Å². The lowest BCUT2D eigenvalue weighted by Gasteiger charge is -2.14. The Bertz CT molecular complexity index is 813. The van der Waals surface area contributed by atoms with Crippen LogP contribution in [0.3, 0.4) is 0 Å². The molecule has 31 heavy (non-hydrogen) atoms. The van der Waals surface area contributed by atoms with Gasteiger partial charge in [0.05, 0.1) is 6.54 Å². The fourth-order valence-corrected chi connectivity index (χ4v) is 1.96. The van der Waals surface area contributed by atoms with Crippen molar-refractivity contribution in [3.8, 4) is 0 Å². The first kappa shape index (κ1) is 27.6. The van der Waals surface area contributed by atoms with Crippen LogP contribution in [0.2, 0.25) is 0 Å². The van der Waals surface area contributed by atoms with Gasteiger partial charge >= 0.3 is 18.0 Å². The predicted molar refractivity (Wildman–Crippen MR) is 115 cm³/mol. The van der Waals surface area contributed by atoms with E-state index in [1.807, 2.05) is 60.7 Å². The molecule has 0 unspecified atom stereocenters. The van der Waals surface area contributed by atoms with E-state index < -0.39 is 24.1 Å². The Balaban J connectivity index is 0.000000846. The summed E-state index contributed by atoms with van der Waals surface area (Å²) < 4.78 is 5.03. The van der Waals surface area contributed by atoms with Crippen molar-refractivity contribution in [3.63, 3.8) is 0 Å². The average molecular weight is 453 g/mol. The van der Waals surface area contributed by atoms with Crippen LogP contribution in [0.1, 0.15) is 18.1 Å². The third kappa shape index (κ3) is 16.1. The fraction of sp³-hybridized carbons (Fsp3) is 0.238. The van der Waals surface area contributed by atoms with Crippen molar-refractivity contribution in [2.24, 2.45) is 5.73 Å². The monoisotopic (exact) mass is 452 g/mol. The van der Waals surface area contributed by atoms with Gasteiger partial charge in [-0.15, -0.1) is 0 Å². The number of alkyl carbamates (subject to hydrolysis) is 1. The summed E-state index contributed by atoms with van der Waals surface area (Å²) in [6, 6.07) is 17.3. The van der Waals surface area contributed by atoms with Gasteiger partial charge in [-0.05, 0) is 22.7 Å². The highest BCUT2D eigenvalue weighted by Gasteiger charge is 2.21. The van der Waals surface area contributed by atoms with Crippen LogP contribution in [-0.2, 0) is 32.1 Å². The van der Waals surface area contributed by atoms with E-state index >= 15 is 0 Å². The summed E-state index contributed by atoms with van der Waals surface area (Å²) in [5, 5.41) is 18.8. The van der Waals surface area contributed by atoms with E-state index in [4.69, 9.17) is 9.84 Å². The summed E-state index contributed by atoms with van der Waals surface area (Å²) in [5.41, 5.74) is 6.24. The summed E-state index contributed by atoms with van der Waals surface area (Å²) in [6.07, 6.45) is -0.538. The maximum Gasteiger partial charge on any atom is 0.408 e. The van der Waals surface area contributed by atoms with Gasteiger partial charge in [0.2, 0.25) is 5.24 Å². The maximum absolute atomic E-state index is 11.7. The molecule has 1 atom stereocenters. The molecule has 0 spiro atoms. The van der Waals surface area contributed by atoms with Crippen molar-refractivity contribution in [1.29, 1.82) is 0 Å². The van der Waals surface area contributed by atoms with E-state index in [9.17, 15) is 24.3 Å². The van der Waals surface area contributed by atoms with Crippen LogP contribution < -0.4 is 11.1 Å². The van der Waals surface area contributed by atoms with Gasteiger partial charge in [0.15, 0.2) is 0 Å². The molecule has 2 aromatic rings. The van der Waals surface area contributed by atoms with Gasteiger partial charge in [-0.1, -0.05) is 60.7 Å². The molecule has 0 radical (unpaired) electrons. The number of nitrogens with two attached hydrogens (primary N) is 1. The molecule has 5 N–H and O–H groups in total. The molecule has 168 valence electrons. The SMILES string of the molecule is CC(=O)Cl.NCC(=O)O.O=C(N[C@@H](Cc1ccccc1)C(=O)O)OCc1ccccc1. The first-order valence-corrected chi connectivity index (χ1v) is 9.35. The third-order valence-electron chi connectivity index (χ3n) is 3.26. The molecule has 0 aliphatic rings. The van der Waals surface area contributed by atoms with Crippen LogP contribution in [0.5, 0.6) is 0 Å². The topological polar surface area (TPSA) is 156 Å². The van der Waals surface area contributed by atoms with E-state index in [-0.39, 0.29) is 24.8 Å². The zero-order valence-corrected chi connectivity index (χ0v) is 17.6. The second-order valence-corrected chi connectivity index (χ2v) is 6.39. The van der Waals surface area contributed by atoms with Crippen molar-refractivity contribution >= 4 is 34.9 Å². The van der Waals surface area contributed by atoms with Gasteiger partial charge in [-0.2, -0.15) is 0 Å². The summed E-state index contributed by atoms with van der Waals surface area (Å²) in [7, 11) is 0. The van der Waals surface area contributed by atoms with E-state index in [0.29, 0.717) is 0 Å². The molecule has 0 aliphatic heterocycles. The molecule has 2 rings (SSSR count). The highest BCUT2D eigenvalue weighted by atomic mass is 35.5. The summed E-state index contributed by atoms with van der Waals surface area (Å²) in [6.45, 7) is 1.12. The lowest BCUT2D eigenvalue weighted by molar-refractivity contribution is -0.139. The number of carbonyl (C=O) groups is 4. The first-order valence-electron chi connectivity index (χ1n) is 8.97. The Hall–Kier alpha value is -3.43. The number of hydrogen-bond acceptors (Lipinski definition) is 6. The summed E-state index contributed by atoms with van der Waals surface area (Å²) in [4.78, 5) is 41.4. The number of halogens is 1. The van der Waals surface area contributed by atoms with E-state index in [0.717, 1.165) is 11.1 Å². The third-order valence-corrected chi connectivity index (χ3v) is 3.26. The largest absolute Gasteiger partial charge is 0.480 e. The molecule has 0 fully saturated rings. The smallest absolute Gasteiger partial charge is 0.408 e. The minimum atomic E-state index is -1.10. The Morgan fingerprint density at radius 2 is 1.39 bits per heavy atom. The van der Waals surface area contributed by atoms with Gasteiger partial charge < -0.3 is 26.0 Å². The van der Waals surface area contributed by atoms with Crippen molar-refractivity contribution in [2.45, 2.75) is 26.0 Å². The molecule has 0 saturated carbocycles. The van der Waals surface area contributed by atoms with E-state index in [1.165, 1.54) is 6.92 Å². The van der Waals surface area contributed by atoms with Gasteiger partial charge in [0, 0.05) is 13.3 Å². The number of hydrogen-bond donors (Lipinski definition) is 4. The molecule has 0 saturated heterocycles.